The molecule has 0 atom stereocenters. The summed E-state index contributed by atoms with van der Waals surface area (Å²) in [5.74, 6) is -2.06. The van der Waals surface area contributed by atoms with Gasteiger partial charge in [-0.15, -0.1) is 0 Å². The summed E-state index contributed by atoms with van der Waals surface area (Å²) < 4.78 is 177. The Balaban J connectivity index is 1.73. The van der Waals surface area contributed by atoms with Gasteiger partial charge in [-0.05, 0) is 71.8 Å². The molecule has 4 rings (SSSR count). The van der Waals surface area contributed by atoms with E-state index in [1.54, 1.807) is 0 Å². The minimum Gasteiger partial charge on any atom is -0.457 e. The predicted molar refractivity (Wildman–Crippen MR) is 138 cm³/mol. The van der Waals surface area contributed by atoms with Crippen LogP contribution < -0.4 is 9.47 Å². The fraction of sp³-hybridized carbons (Fsp3) is 0.161. The van der Waals surface area contributed by atoms with Crippen molar-refractivity contribution in [3.05, 3.63) is 118 Å². The Morgan fingerprint density at radius 3 is 0.979 bits per heavy atom. The molecule has 0 aromatic heterocycles. The lowest BCUT2D eigenvalue weighted by Crippen LogP contribution is -2.54. The maximum Gasteiger partial charge on any atom is 0.416 e. The second-order valence-electron chi connectivity index (χ2n) is 9.71. The van der Waals surface area contributed by atoms with Crippen LogP contribution >= 0.6 is 0 Å². The van der Waals surface area contributed by atoms with Gasteiger partial charge in [-0.1, -0.05) is 24.3 Å². The molecule has 4 nitrogen and oxygen atoms in total. The summed E-state index contributed by atoms with van der Waals surface area (Å²) in [4.78, 5) is 0. The first kappa shape index (κ1) is 34.5. The molecule has 0 saturated carbocycles. The lowest BCUT2D eigenvalue weighted by atomic mass is 9.73. The molecule has 0 aliphatic rings. The molecule has 16 heteroatoms. The van der Waals surface area contributed by atoms with Gasteiger partial charge in [0.25, 0.3) is 0 Å². The number of hydrogen-bond acceptors (Lipinski definition) is 4. The van der Waals surface area contributed by atoms with Crippen LogP contribution in [0.3, 0.4) is 0 Å². The van der Waals surface area contributed by atoms with Crippen molar-refractivity contribution in [2.24, 2.45) is 0 Å². The van der Waals surface area contributed by atoms with Crippen molar-refractivity contribution in [3.63, 3.8) is 0 Å². The van der Waals surface area contributed by atoms with E-state index in [4.69, 9.17) is 20.0 Å². The third kappa shape index (κ3) is 7.06. The fourth-order valence-corrected chi connectivity index (χ4v) is 4.57. The molecule has 0 fully saturated rings. The van der Waals surface area contributed by atoms with Crippen molar-refractivity contribution in [1.82, 2.24) is 0 Å². The Morgan fingerprint density at radius 2 is 0.723 bits per heavy atom. The zero-order valence-electron chi connectivity index (χ0n) is 22.8. The molecule has 0 heterocycles. The van der Waals surface area contributed by atoms with E-state index in [1.807, 2.05) is 0 Å². The quantitative estimate of drug-likeness (QED) is 0.191. The van der Waals surface area contributed by atoms with Gasteiger partial charge in [-0.3, -0.25) is 0 Å². The first-order chi connectivity index (χ1) is 21.7. The lowest BCUT2D eigenvalue weighted by Gasteiger charge is -2.38. The smallest absolute Gasteiger partial charge is 0.416 e. The molecule has 0 aliphatic carbocycles. The summed E-state index contributed by atoms with van der Waals surface area (Å²) in [6.45, 7) is 0. The molecule has 0 bridgehead atoms. The van der Waals surface area contributed by atoms with Crippen molar-refractivity contribution in [3.8, 4) is 35.1 Å². The van der Waals surface area contributed by atoms with Gasteiger partial charge in [0.05, 0.1) is 34.4 Å². The Labute approximate surface area is 256 Å². The van der Waals surface area contributed by atoms with Crippen LogP contribution in [0.2, 0.25) is 0 Å². The van der Waals surface area contributed by atoms with E-state index in [2.05, 4.69) is 0 Å². The molecule has 4 aromatic carbocycles. The zero-order valence-corrected chi connectivity index (χ0v) is 22.8. The van der Waals surface area contributed by atoms with Gasteiger partial charge < -0.3 is 9.47 Å². The predicted octanol–water partition coefficient (Wildman–Crippen LogP) is 10.5. The molecule has 4 aromatic rings. The van der Waals surface area contributed by atoms with Gasteiger partial charge in [0.15, 0.2) is 0 Å². The summed E-state index contributed by atoms with van der Waals surface area (Å²) in [7, 11) is 0. The largest absolute Gasteiger partial charge is 0.457 e. The van der Waals surface area contributed by atoms with Crippen LogP contribution in [0.4, 0.5) is 52.7 Å². The van der Waals surface area contributed by atoms with Gasteiger partial charge in [-0.25, -0.2) is 0 Å². The summed E-state index contributed by atoms with van der Waals surface area (Å²) in [5.41, 5.74) is -10.9. The number of halogens is 12. The number of alkyl halides is 12. The molecule has 0 amide bonds. The fourth-order valence-electron chi connectivity index (χ4n) is 4.57. The molecule has 0 spiro atoms. The van der Waals surface area contributed by atoms with Gasteiger partial charge in [0.1, 0.15) is 23.0 Å². The van der Waals surface area contributed by atoms with Crippen LogP contribution in [0.25, 0.3) is 0 Å². The van der Waals surface area contributed by atoms with Gasteiger partial charge in [-0.2, -0.15) is 63.2 Å². The van der Waals surface area contributed by atoms with E-state index in [-0.39, 0.29) is 0 Å². The average Bonchev–Trinajstić information content (AvgIpc) is 2.96. The minimum absolute atomic E-state index is 0.408. The van der Waals surface area contributed by atoms with Crippen molar-refractivity contribution in [1.29, 1.82) is 10.5 Å². The van der Waals surface area contributed by atoms with Crippen LogP contribution in [0, 0.1) is 22.7 Å². The first-order valence-corrected chi connectivity index (χ1v) is 12.6. The van der Waals surface area contributed by atoms with Crippen molar-refractivity contribution in [2.75, 3.05) is 0 Å². The molecule has 0 N–H and O–H groups in total. The highest BCUT2D eigenvalue weighted by Crippen LogP contribution is 2.56. The topological polar surface area (TPSA) is 66.0 Å². The Bertz CT molecular complexity index is 1710. The summed E-state index contributed by atoms with van der Waals surface area (Å²) in [6, 6.07) is 11.0. The summed E-state index contributed by atoms with van der Waals surface area (Å²) in [5, 5.41) is 18.0. The number of hydrogen-bond donors (Lipinski definition) is 0. The van der Waals surface area contributed by atoms with Crippen LogP contribution in [0.15, 0.2) is 84.9 Å². The third-order valence-corrected chi connectivity index (χ3v) is 6.62. The lowest BCUT2D eigenvalue weighted by molar-refractivity contribution is -0.288. The van der Waals surface area contributed by atoms with E-state index in [1.165, 1.54) is 12.1 Å². The van der Waals surface area contributed by atoms with Crippen LogP contribution in [0.1, 0.15) is 33.4 Å². The number of nitrogens with zero attached hydrogens (tertiary/aromatic N) is 2. The standard InChI is InChI=1S/C31H14F12N2O2/c32-28(33,34)21-9-17(15-44)11-25(13-21)46-23-5-1-19(2-6-23)27(30(38,39)40,31(41,42)43)20-3-7-24(8-4-20)47-26-12-18(16-45)10-22(14-26)29(35,36)37/h1-14H. The van der Waals surface area contributed by atoms with Gasteiger partial charge >= 0.3 is 24.7 Å². The zero-order chi connectivity index (χ0) is 35.0. The first-order valence-electron chi connectivity index (χ1n) is 12.6. The average molecular weight is 674 g/mol. The second kappa shape index (κ2) is 12.1. The molecule has 0 unspecified atom stereocenters. The molecular weight excluding hydrogens is 660 g/mol. The van der Waals surface area contributed by atoms with E-state index in [9.17, 15) is 52.7 Å². The summed E-state index contributed by atoms with van der Waals surface area (Å²) in [6.07, 6.45) is -21.9. The Kier molecular flexibility index (Phi) is 8.87. The van der Waals surface area contributed by atoms with E-state index in [0.717, 1.165) is 12.1 Å². The maximum atomic E-state index is 14.6. The number of rotatable bonds is 6. The maximum absolute atomic E-state index is 14.6. The number of nitriles is 2. The van der Waals surface area contributed by atoms with E-state index in [0.29, 0.717) is 72.8 Å². The monoisotopic (exact) mass is 674 g/mol. The van der Waals surface area contributed by atoms with Crippen LogP contribution in [0.5, 0.6) is 23.0 Å². The Hall–Kier alpha value is -5.38. The van der Waals surface area contributed by atoms with Crippen LogP contribution in [-0.2, 0) is 17.8 Å². The molecule has 244 valence electrons. The van der Waals surface area contributed by atoms with Crippen molar-refractivity contribution >= 4 is 0 Å². The third-order valence-electron chi connectivity index (χ3n) is 6.62. The highest BCUT2D eigenvalue weighted by molar-refractivity contribution is 5.50. The number of ether oxygens (including phenoxy) is 2. The van der Waals surface area contributed by atoms with Gasteiger partial charge in [0, 0.05) is 0 Å². The molecule has 0 radical (unpaired) electrons. The highest BCUT2D eigenvalue weighted by atomic mass is 19.4. The summed E-state index contributed by atoms with van der Waals surface area (Å²) >= 11 is 0. The molecular formula is C31H14F12N2O2. The minimum atomic E-state index is -6.04. The second-order valence-corrected chi connectivity index (χ2v) is 9.71. The van der Waals surface area contributed by atoms with Crippen LogP contribution in [-0.4, -0.2) is 12.4 Å². The van der Waals surface area contributed by atoms with Crippen molar-refractivity contribution < 1.29 is 62.2 Å². The molecule has 47 heavy (non-hydrogen) atoms. The van der Waals surface area contributed by atoms with Gasteiger partial charge in [0.2, 0.25) is 5.41 Å². The normalized spacial score (nSPS) is 12.6. The SMILES string of the molecule is N#Cc1cc(Oc2ccc(C(c3ccc(Oc4cc(C#N)cc(C(F)(F)F)c4)cc3)(C(F)(F)F)C(F)(F)F)cc2)cc(C(F)(F)F)c1. The highest BCUT2D eigenvalue weighted by Gasteiger charge is 2.72. The molecule has 0 saturated heterocycles. The van der Waals surface area contributed by atoms with E-state index >= 15 is 0 Å². The molecule has 0 aliphatic heterocycles. The Morgan fingerprint density at radius 1 is 0.404 bits per heavy atom. The number of benzene rings is 4. The van der Waals surface area contributed by atoms with E-state index < -0.39 is 86.5 Å². The van der Waals surface area contributed by atoms with Crippen molar-refractivity contribution in [2.45, 2.75) is 30.1 Å².